The molecule has 0 amide bonds. The minimum atomic E-state index is 0.598. The van der Waals surface area contributed by atoms with Crippen molar-refractivity contribution in [2.75, 3.05) is 0 Å². The molecule has 0 saturated heterocycles. The third-order valence-corrected chi connectivity index (χ3v) is 3.26. The van der Waals surface area contributed by atoms with E-state index in [4.69, 9.17) is 4.52 Å². The molecule has 2 rings (SSSR count). The summed E-state index contributed by atoms with van der Waals surface area (Å²) in [6, 6.07) is 1.91. The van der Waals surface area contributed by atoms with E-state index in [1.165, 1.54) is 0 Å². The van der Waals surface area contributed by atoms with Crippen LogP contribution in [0.1, 0.15) is 16.4 Å². The second-order valence-corrected chi connectivity index (χ2v) is 4.51. The number of rotatable bonds is 2. The number of nitrogens with zero attached hydrogens (tertiary/aromatic N) is 2. The molecular formula is C9H10N2OS2. The Hall–Kier alpha value is -0.810. The number of hydrogen-bond acceptors (Lipinski definition) is 5. The van der Waals surface area contributed by atoms with Gasteiger partial charge in [0.1, 0.15) is 0 Å². The van der Waals surface area contributed by atoms with Crippen molar-refractivity contribution in [3.05, 3.63) is 22.5 Å². The van der Waals surface area contributed by atoms with Crippen molar-refractivity contribution in [2.24, 2.45) is 0 Å². The predicted octanol–water partition coefficient (Wildman–Crippen LogP) is 2.84. The molecule has 2 aromatic rings. The van der Waals surface area contributed by atoms with Crippen LogP contribution in [0.5, 0.6) is 0 Å². The summed E-state index contributed by atoms with van der Waals surface area (Å²) in [5, 5.41) is 4.93. The molecule has 74 valence electrons. The molecule has 14 heavy (non-hydrogen) atoms. The molecular weight excluding hydrogens is 216 g/mol. The van der Waals surface area contributed by atoms with Crippen molar-refractivity contribution in [3.8, 4) is 10.6 Å². The van der Waals surface area contributed by atoms with Gasteiger partial charge in [-0.1, -0.05) is 5.16 Å². The third-order valence-electron chi connectivity index (χ3n) is 1.85. The van der Waals surface area contributed by atoms with Crippen LogP contribution in [0.3, 0.4) is 0 Å². The average Bonchev–Trinajstić information content (AvgIpc) is 2.71. The molecule has 0 saturated carbocycles. The lowest BCUT2D eigenvalue weighted by molar-refractivity contribution is 0.427. The topological polar surface area (TPSA) is 38.9 Å². The van der Waals surface area contributed by atoms with Gasteiger partial charge in [0.15, 0.2) is 5.76 Å². The van der Waals surface area contributed by atoms with E-state index in [0.717, 1.165) is 27.0 Å². The van der Waals surface area contributed by atoms with Crippen molar-refractivity contribution in [2.45, 2.75) is 19.6 Å². The van der Waals surface area contributed by atoms with E-state index in [1.54, 1.807) is 11.3 Å². The number of hydrogen-bond donors (Lipinski definition) is 1. The van der Waals surface area contributed by atoms with Gasteiger partial charge in [-0.15, -0.1) is 11.3 Å². The Morgan fingerprint density at radius 2 is 2.29 bits per heavy atom. The van der Waals surface area contributed by atoms with Crippen molar-refractivity contribution < 1.29 is 4.52 Å². The van der Waals surface area contributed by atoms with Crippen LogP contribution in [0.25, 0.3) is 10.6 Å². The highest BCUT2D eigenvalue weighted by molar-refractivity contribution is 7.79. The fraction of sp³-hybridized carbons (Fsp3) is 0.333. The SMILES string of the molecule is Cc1nc(C)c(-c2cc(CS)no2)s1. The molecule has 2 heterocycles. The Labute approximate surface area is 91.6 Å². The first-order chi connectivity index (χ1) is 6.70. The van der Waals surface area contributed by atoms with Gasteiger partial charge < -0.3 is 4.52 Å². The molecule has 0 aliphatic carbocycles. The van der Waals surface area contributed by atoms with E-state index in [1.807, 2.05) is 19.9 Å². The van der Waals surface area contributed by atoms with E-state index in [0.29, 0.717) is 5.75 Å². The summed E-state index contributed by atoms with van der Waals surface area (Å²) >= 11 is 5.75. The van der Waals surface area contributed by atoms with Crippen LogP contribution >= 0.6 is 24.0 Å². The Bertz CT molecular complexity index is 447. The second kappa shape index (κ2) is 3.74. The van der Waals surface area contributed by atoms with E-state index in [9.17, 15) is 0 Å². The zero-order valence-corrected chi connectivity index (χ0v) is 9.65. The van der Waals surface area contributed by atoms with Crippen LogP contribution in [0.4, 0.5) is 0 Å². The zero-order chi connectivity index (χ0) is 10.1. The molecule has 0 bridgehead atoms. The van der Waals surface area contributed by atoms with Gasteiger partial charge in [0.25, 0.3) is 0 Å². The molecule has 0 aliphatic heterocycles. The van der Waals surface area contributed by atoms with E-state index in [-0.39, 0.29) is 0 Å². The molecule has 0 fully saturated rings. The normalized spacial score (nSPS) is 10.8. The van der Waals surface area contributed by atoms with E-state index >= 15 is 0 Å². The highest BCUT2D eigenvalue weighted by atomic mass is 32.1. The molecule has 0 N–H and O–H groups in total. The van der Waals surface area contributed by atoms with Crippen LogP contribution in [0.15, 0.2) is 10.6 Å². The van der Waals surface area contributed by atoms with Gasteiger partial charge in [-0.25, -0.2) is 4.98 Å². The first-order valence-electron chi connectivity index (χ1n) is 4.21. The highest BCUT2D eigenvalue weighted by Gasteiger charge is 2.12. The lowest BCUT2D eigenvalue weighted by Crippen LogP contribution is -1.74. The smallest absolute Gasteiger partial charge is 0.178 e. The van der Waals surface area contributed by atoms with Gasteiger partial charge in [-0.05, 0) is 13.8 Å². The molecule has 0 unspecified atom stereocenters. The molecule has 2 aromatic heterocycles. The number of aromatic nitrogens is 2. The molecule has 0 aliphatic rings. The van der Waals surface area contributed by atoms with Gasteiger partial charge in [-0.2, -0.15) is 12.6 Å². The van der Waals surface area contributed by atoms with E-state index in [2.05, 4.69) is 22.8 Å². The molecule has 0 radical (unpaired) electrons. The second-order valence-electron chi connectivity index (χ2n) is 2.99. The Kier molecular flexibility index (Phi) is 2.60. The maximum absolute atomic E-state index is 5.21. The van der Waals surface area contributed by atoms with Crippen molar-refractivity contribution in [1.29, 1.82) is 0 Å². The largest absolute Gasteiger partial charge is 0.355 e. The summed E-state index contributed by atoms with van der Waals surface area (Å²) in [5.41, 5.74) is 1.85. The summed E-state index contributed by atoms with van der Waals surface area (Å²) in [6.45, 7) is 3.96. The van der Waals surface area contributed by atoms with Gasteiger partial charge >= 0.3 is 0 Å². The Morgan fingerprint density at radius 1 is 1.50 bits per heavy atom. The fourth-order valence-corrected chi connectivity index (χ4v) is 2.27. The fourth-order valence-electron chi connectivity index (χ4n) is 1.25. The predicted molar refractivity (Wildman–Crippen MR) is 59.8 cm³/mol. The summed E-state index contributed by atoms with van der Waals surface area (Å²) in [7, 11) is 0. The van der Waals surface area contributed by atoms with Crippen LogP contribution in [-0.2, 0) is 5.75 Å². The zero-order valence-electron chi connectivity index (χ0n) is 7.94. The summed E-state index contributed by atoms with van der Waals surface area (Å²) in [6.07, 6.45) is 0. The van der Waals surface area contributed by atoms with Gasteiger partial charge in [0, 0.05) is 11.8 Å². The summed E-state index contributed by atoms with van der Waals surface area (Å²) in [4.78, 5) is 5.39. The maximum Gasteiger partial charge on any atom is 0.178 e. The minimum Gasteiger partial charge on any atom is -0.355 e. The first kappa shape index (κ1) is 9.73. The standard InChI is InChI=1S/C9H10N2OS2/c1-5-9(14-6(2)10-5)8-3-7(4-13)11-12-8/h3,13H,4H2,1-2H3. The first-order valence-corrected chi connectivity index (χ1v) is 5.66. The average molecular weight is 226 g/mol. The Balaban J connectivity index is 2.43. The molecule has 0 spiro atoms. The molecule has 0 aromatic carbocycles. The van der Waals surface area contributed by atoms with Crippen molar-refractivity contribution in [1.82, 2.24) is 10.1 Å². The van der Waals surface area contributed by atoms with Crippen molar-refractivity contribution in [3.63, 3.8) is 0 Å². The minimum absolute atomic E-state index is 0.598. The lowest BCUT2D eigenvalue weighted by atomic mass is 10.3. The monoisotopic (exact) mass is 226 g/mol. The van der Waals surface area contributed by atoms with Gasteiger partial charge in [-0.3, -0.25) is 0 Å². The third kappa shape index (κ3) is 1.69. The molecule has 5 heteroatoms. The highest BCUT2D eigenvalue weighted by Crippen LogP contribution is 2.30. The molecule has 0 atom stereocenters. The lowest BCUT2D eigenvalue weighted by Gasteiger charge is -1.87. The molecule has 3 nitrogen and oxygen atoms in total. The Morgan fingerprint density at radius 3 is 2.79 bits per heavy atom. The van der Waals surface area contributed by atoms with Crippen LogP contribution in [-0.4, -0.2) is 10.1 Å². The maximum atomic E-state index is 5.21. The van der Waals surface area contributed by atoms with E-state index < -0.39 is 0 Å². The number of thiol groups is 1. The van der Waals surface area contributed by atoms with Crippen LogP contribution in [0, 0.1) is 13.8 Å². The number of aryl methyl sites for hydroxylation is 2. The summed E-state index contributed by atoms with van der Waals surface area (Å²) < 4.78 is 5.21. The number of thiazole rings is 1. The van der Waals surface area contributed by atoms with Crippen LogP contribution in [0.2, 0.25) is 0 Å². The van der Waals surface area contributed by atoms with Crippen LogP contribution < -0.4 is 0 Å². The van der Waals surface area contributed by atoms with Crippen molar-refractivity contribution >= 4 is 24.0 Å². The summed E-state index contributed by atoms with van der Waals surface area (Å²) in [5.74, 6) is 1.39. The quantitative estimate of drug-likeness (QED) is 0.800. The van der Waals surface area contributed by atoms with Gasteiger partial charge in [0.2, 0.25) is 0 Å². The van der Waals surface area contributed by atoms with Gasteiger partial charge in [0.05, 0.1) is 21.3 Å².